The number of Topliss-reactive ketones (excluding diaryl/α,β-unsaturated/α-hetero) is 1. The number of nitrogens with two attached hydrogens (primary N) is 1. The topological polar surface area (TPSA) is 43.1 Å². The number of hydrogen-bond donors (Lipinski definition) is 1. The molecule has 21 heavy (non-hydrogen) atoms. The molecule has 0 saturated heterocycles. The summed E-state index contributed by atoms with van der Waals surface area (Å²) in [6, 6.07) is 10.6. The van der Waals surface area contributed by atoms with Crippen molar-refractivity contribution >= 4 is 18.2 Å². The monoisotopic (exact) mass is 309 g/mol. The molecule has 1 atom stereocenters. The van der Waals surface area contributed by atoms with Gasteiger partial charge < -0.3 is 5.73 Å². The van der Waals surface area contributed by atoms with Crippen molar-refractivity contribution in [2.45, 2.75) is 69.7 Å². The van der Waals surface area contributed by atoms with E-state index in [1.165, 1.54) is 18.4 Å². The lowest BCUT2D eigenvalue weighted by molar-refractivity contribution is -0.124. The maximum atomic E-state index is 12.8. The molecule has 1 saturated carbocycles. The average Bonchev–Trinajstić information content (AvgIpc) is 2.98. The van der Waals surface area contributed by atoms with E-state index in [9.17, 15) is 4.79 Å². The van der Waals surface area contributed by atoms with Crippen molar-refractivity contribution in [3.8, 4) is 0 Å². The highest BCUT2D eigenvalue weighted by molar-refractivity contribution is 5.90. The molecule has 1 aromatic carbocycles. The van der Waals surface area contributed by atoms with E-state index in [1.54, 1.807) is 0 Å². The minimum absolute atomic E-state index is 0. The smallest absolute Gasteiger partial charge is 0.143 e. The normalized spacial score (nSPS) is 18.0. The molecule has 1 aliphatic carbocycles. The Labute approximate surface area is 134 Å². The van der Waals surface area contributed by atoms with Crippen LogP contribution in [0.4, 0.5) is 0 Å². The number of rotatable bonds is 7. The molecule has 0 aliphatic heterocycles. The third kappa shape index (κ3) is 4.31. The van der Waals surface area contributed by atoms with Crippen molar-refractivity contribution in [1.29, 1.82) is 0 Å². The molecular weight excluding hydrogens is 282 g/mol. The van der Waals surface area contributed by atoms with Crippen molar-refractivity contribution in [3.63, 3.8) is 0 Å². The number of hydrogen-bond acceptors (Lipinski definition) is 2. The molecule has 1 fully saturated rings. The lowest BCUT2D eigenvalue weighted by Gasteiger charge is -2.28. The van der Waals surface area contributed by atoms with Gasteiger partial charge in [0.2, 0.25) is 0 Å². The maximum Gasteiger partial charge on any atom is 0.143 e. The summed E-state index contributed by atoms with van der Waals surface area (Å²) >= 11 is 0. The minimum Gasteiger partial charge on any atom is -0.328 e. The number of halogens is 1. The molecule has 0 amide bonds. The Morgan fingerprint density at radius 3 is 2.43 bits per heavy atom. The van der Waals surface area contributed by atoms with Gasteiger partial charge in [-0.2, -0.15) is 0 Å². The van der Waals surface area contributed by atoms with Gasteiger partial charge in [-0.3, -0.25) is 4.79 Å². The van der Waals surface area contributed by atoms with Gasteiger partial charge in [0.15, 0.2) is 0 Å². The van der Waals surface area contributed by atoms with Gasteiger partial charge in [0.1, 0.15) is 5.78 Å². The highest BCUT2D eigenvalue weighted by Crippen LogP contribution is 2.42. The molecule has 0 spiro atoms. The van der Waals surface area contributed by atoms with Crippen LogP contribution in [0.2, 0.25) is 0 Å². The Bertz CT molecular complexity index is 426. The Hall–Kier alpha value is -0.860. The predicted octanol–water partition coefficient (Wildman–Crippen LogP) is 4.40. The van der Waals surface area contributed by atoms with Gasteiger partial charge in [-0.25, -0.2) is 0 Å². The van der Waals surface area contributed by atoms with Gasteiger partial charge in [0, 0.05) is 12.5 Å². The second-order valence-electron chi connectivity index (χ2n) is 6.14. The maximum absolute atomic E-state index is 12.8. The van der Waals surface area contributed by atoms with E-state index in [0.29, 0.717) is 12.2 Å². The lowest BCUT2D eigenvalue weighted by Crippen LogP contribution is -2.33. The third-order valence-electron chi connectivity index (χ3n) is 4.82. The van der Waals surface area contributed by atoms with Gasteiger partial charge in [-0.05, 0) is 37.7 Å². The number of ketones is 1. The van der Waals surface area contributed by atoms with Crippen LogP contribution in [-0.2, 0) is 10.2 Å². The van der Waals surface area contributed by atoms with E-state index in [2.05, 4.69) is 31.2 Å². The second-order valence-corrected chi connectivity index (χ2v) is 6.14. The predicted molar refractivity (Wildman–Crippen MR) is 91.0 cm³/mol. The Morgan fingerprint density at radius 2 is 1.86 bits per heavy atom. The van der Waals surface area contributed by atoms with Gasteiger partial charge >= 0.3 is 0 Å². The van der Waals surface area contributed by atoms with E-state index < -0.39 is 0 Å². The Morgan fingerprint density at radius 1 is 1.24 bits per heavy atom. The standard InChI is InChI=1S/C18H27NO.ClH/c1-2-16(19)11-8-12-17(20)18(13-6-7-14-18)15-9-4-3-5-10-15;/h3-5,9-10,16H,2,6-8,11-14,19H2,1H3;1H. The van der Waals surface area contributed by atoms with Crippen LogP contribution in [0.25, 0.3) is 0 Å². The zero-order valence-corrected chi connectivity index (χ0v) is 13.8. The highest BCUT2D eigenvalue weighted by Gasteiger charge is 2.41. The molecule has 0 heterocycles. The van der Waals surface area contributed by atoms with Crippen LogP contribution in [0, 0.1) is 0 Å². The first-order valence-corrected chi connectivity index (χ1v) is 8.03. The Balaban J connectivity index is 0.00000220. The second kappa shape index (κ2) is 8.55. The van der Waals surface area contributed by atoms with E-state index in [-0.39, 0.29) is 23.9 Å². The molecule has 1 aliphatic rings. The summed E-state index contributed by atoms with van der Waals surface area (Å²) in [4.78, 5) is 12.8. The summed E-state index contributed by atoms with van der Waals surface area (Å²) in [6.07, 6.45) is 7.98. The SMILES string of the molecule is CCC(N)CCCC(=O)C1(c2ccccc2)CCCC1.Cl. The van der Waals surface area contributed by atoms with Gasteiger partial charge in [0.05, 0.1) is 5.41 Å². The first-order valence-electron chi connectivity index (χ1n) is 8.03. The van der Waals surface area contributed by atoms with E-state index >= 15 is 0 Å². The van der Waals surface area contributed by atoms with Crippen LogP contribution >= 0.6 is 12.4 Å². The summed E-state index contributed by atoms with van der Waals surface area (Å²) < 4.78 is 0. The first kappa shape index (κ1) is 18.2. The third-order valence-corrected chi connectivity index (χ3v) is 4.82. The molecule has 0 aromatic heterocycles. The van der Waals surface area contributed by atoms with Gasteiger partial charge in [-0.15, -0.1) is 12.4 Å². The highest BCUT2D eigenvalue weighted by atomic mass is 35.5. The average molecular weight is 310 g/mol. The molecule has 0 bridgehead atoms. The van der Waals surface area contributed by atoms with Crippen molar-refractivity contribution < 1.29 is 4.79 Å². The summed E-state index contributed by atoms with van der Waals surface area (Å²) in [6.45, 7) is 2.11. The fourth-order valence-corrected chi connectivity index (χ4v) is 3.43. The largest absolute Gasteiger partial charge is 0.328 e. The molecular formula is C18H28ClNO. The van der Waals surface area contributed by atoms with Crippen LogP contribution < -0.4 is 5.73 Å². The number of benzene rings is 1. The number of carbonyl (C=O) groups is 1. The van der Waals surface area contributed by atoms with Gasteiger partial charge in [0.25, 0.3) is 0 Å². The summed E-state index contributed by atoms with van der Waals surface area (Å²) in [5.74, 6) is 0.435. The quantitative estimate of drug-likeness (QED) is 0.811. The first-order chi connectivity index (χ1) is 9.69. The zero-order valence-electron chi connectivity index (χ0n) is 13.0. The zero-order chi connectivity index (χ0) is 14.4. The summed E-state index contributed by atoms with van der Waals surface area (Å²) in [7, 11) is 0. The van der Waals surface area contributed by atoms with Crippen molar-refractivity contribution in [1.82, 2.24) is 0 Å². The van der Waals surface area contributed by atoms with Crippen molar-refractivity contribution in [2.24, 2.45) is 5.73 Å². The Kier molecular flexibility index (Phi) is 7.41. The van der Waals surface area contributed by atoms with Crippen molar-refractivity contribution in [3.05, 3.63) is 35.9 Å². The summed E-state index contributed by atoms with van der Waals surface area (Å²) in [5, 5.41) is 0. The van der Waals surface area contributed by atoms with Crippen LogP contribution in [0.1, 0.15) is 63.9 Å². The fourth-order valence-electron chi connectivity index (χ4n) is 3.43. The van der Waals surface area contributed by atoms with Crippen LogP contribution in [0.3, 0.4) is 0 Å². The number of carbonyl (C=O) groups excluding carboxylic acids is 1. The molecule has 3 heteroatoms. The van der Waals surface area contributed by atoms with Crippen LogP contribution in [-0.4, -0.2) is 11.8 Å². The molecule has 2 N–H and O–H groups in total. The van der Waals surface area contributed by atoms with Crippen LogP contribution in [0.15, 0.2) is 30.3 Å². The van der Waals surface area contributed by atoms with E-state index in [4.69, 9.17) is 5.73 Å². The lowest BCUT2D eigenvalue weighted by atomic mass is 9.74. The molecule has 0 radical (unpaired) electrons. The molecule has 118 valence electrons. The van der Waals surface area contributed by atoms with Crippen LogP contribution in [0.5, 0.6) is 0 Å². The summed E-state index contributed by atoms with van der Waals surface area (Å²) in [5.41, 5.74) is 6.97. The molecule has 2 rings (SSSR count). The van der Waals surface area contributed by atoms with E-state index in [0.717, 1.165) is 32.1 Å². The minimum atomic E-state index is -0.197. The molecule has 2 nitrogen and oxygen atoms in total. The fraction of sp³-hybridized carbons (Fsp3) is 0.611. The molecule has 1 unspecified atom stereocenters. The van der Waals surface area contributed by atoms with Crippen molar-refractivity contribution in [2.75, 3.05) is 0 Å². The molecule has 1 aromatic rings. The van der Waals surface area contributed by atoms with Gasteiger partial charge in [-0.1, -0.05) is 50.1 Å². The van der Waals surface area contributed by atoms with E-state index in [1.807, 2.05) is 6.07 Å².